The summed E-state index contributed by atoms with van der Waals surface area (Å²) in [6, 6.07) is 0. The van der Waals surface area contributed by atoms with Crippen LogP contribution >= 0.6 is 0 Å². The van der Waals surface area contributed by atoms with Crippen molar-refractivity contribution in [2.45, 2.75) is 46.0 Å². The van der Waals surface area contributed by atoms with Crippen molar-refractivity contribution in [3.63, 3.8) is 0 Å². The third-order valence-electron chi connectivity index (χ3n) is 3.42. The quantitative estimate of drug-likeness (QED) is 0.279. The molecule has 4 N–H and O–H groups in total. The number of aliphatic imine (C=N–C) groups is 1. The molecule has 1 fully saturated rings. The lowest BCUT2D eigenvalue weighted by atomic mass is 9.67. The summed E-state index contributed by atoms with van der Waals surface area (Å²) in [6.07, 6.45) is 6.30. The zero-order chi connectivity index (χ0) is 11.1. The molecule has 88 valence electrons. The van der Waals surface area contributed by atoms with E-state index in [1.54, 1.807) is 0 Å². The lowest BCUT2D eigenvalue weighted by Crippen LogP contribution is -2.43. The number of nitrogens with zero attached hydrogens (tertiary/aromatic N) is 1. The van der Waals surface area contributed by atoms with Crippen LogP contribution in [0.4, 0.5) is 0 Å². The maximum Gasteiger partial charge on any atom is 0.205 e. The molecule has 0 unspecified atom stereocenters. The van der Waals surface area contributed by atoms with Gasteiger partial charge >= 0.3 is 0 Å². The summed E-state index contributed by atoms with van der Waals surface area (Å²) < 4.78 is 0. The van der Waals surface area contributed by atoms with Crippen LogP contribution in [0.15, 0.2) is 4.99 Å². The topological polar surface area (TPSA) is 62.4 Å². The first-order valence-electron chi connectivity index (χ1n) is 6.01. The minimum absolute atomic E-state index is 0.468. The normalized spacial score (nSPS) is 19.5. The summed E-state index contributed by atoms with van der Waals surface area (Å²) in [7, 11) is 0. The van der Waals surface area contributed by atoms with Gasteiger partial charge in [-0.05, 0) is 31.1 Å². The predicted molar refractivity (Wildman–Crippen MR) is 64.5 cm³/mol. The smallest absolute Gasteiger partial charge is 0.205 e. The van der Waals surface area contributed by atoms with E-state index in [1.807, 2.05) is 0 Å². The monoisotopic (exact) mass is 212 g/mol. The van der Waals surface area contributed by atoms with Gasteiger partial charge in [-0.3, -0.25) is 10.4 Å². The SMILES string of the molecule is CCCNC(=NCC1(CC)CCC1)NN. The Morgan fingerprint density at radius 2 is 2.13 bits per heavy atom. The summed E-state index contributed by atoms with van der Waals surface area (Å²) in [5.74, 6) is 6.13. The molecule has 1 aliphatic carbocycles. The van der Waals surface area contributed by atoms with Gasteiger partial charge in [-0.15, -0.1) is 0 Å². The highest BCUT2D eigenvalue weighted by Gasteiger charge is 2.34. The highest BCUT2D eigenvalue weighted by Crippen LogP contribution is 2.43. The third kappa shape index (κ3) is 3.38. The molecule has 0 aliphatic heterocycles. The van der Waals surface area contributed by atoms with E-state index in [-0.39, 0.29) is 0 Å². The molecule has 0 radical (unpaired) electrons. The highest BCUT2D eigenvalue weighted by molar-refractivity contribution is 5.79. The number of hydrogen-bond donors (Lipinski definition) is 3. The number of hydrogen-bond acceptors (Lipinski definition) is 2. The highest BCUT2D eigenvalue weighted by atomic mass is 15.3. The first-order valence-corrected chi connectivity index (χ1v) is 6.01. The fourth-order valence-electron chi connectivity index (χ4n) is 1.94. The predicted octanol–water partition coefficient (Wildman–Crippen LogP) is 1.39. The first-order chi connectivity index (χ1) is 7.26. The number of guanidine groups is 1. The molecule has 0 bridgehead atoms. The fourth-order valence-corrected chi connectivity index (χ4v) is 1.94. The van der Waals surface area contributed by atoms with Gasteiger partial charge in [0.2, 0.25) is 5.96 Å². The van der Waals surface area contributed by atoms with Gasteiger partial charge in [0, 0.05) is 13.1 Å². The van der Waals surface area contributed by atoms with E-state index in [0.717, 1.165) is 25.5 Å². The largest absolute Gasteiger partial charge is 0.355 e. The van der Waals surface area contributed by atoms with Crippen molar-refractivity contribution in [1.82, 2.24) is 10.7 Å². The summed E-state index contributed by atoms with van der Waals surface area (Å²) >= 11 is 0. The Morgan fingerprint density at radius 3 is 2.53 bits per heavy atom. The molecule has 0 heterocycles. The van der Waals surface area contributed by atoms with Crippen molar-refractivity contribution in [1.29, 1.82) is 0 Å². The summed E-state index contributed by atoms with van der Waals surface area (Å²) in [5.41, 5.74) is 3.09. The average molecular weight is 212 g/mol. The molecular formula is C11H24N4. The molecule has 0 aromatic carbocycles. The molecule has 4 heteroatoms. The zero-order valence-electron chi connectivity index (χ0n) is 9.97. The first kappa shape index (κ1) is 12.3. The Kier molecular flexibility index (Phi) is 4.88. The lowest BCUT2D eigenvalue weighted by molar-refractivity contribution is 0.139. The molecule has 1 rings (SSSR count). The van der Waals surface area contributed by atoms with Crippen LogP contribution in [0.1, 0.15) is 46.0 Å². The van der Waals surface area contributed by atoms with Crippen LogP contribution in [-0.2, 0) is 0 Å². The van der Waals surface area contributed by atoms with Crippen LogP contribution in [0, 0.1) is 5.41 Å². The van der Waals surface area contributed by atoms with Crippen molar-refractivity contribution in [3.8, 4) is 0 Å². The molecule has 4 nitrogen and oxygen atoms in total. The van der Waals surface area contributed by atoms with Crippen molar-refractivity contribution in [2.75, 3.05) is 13.1 Å². The van der Waals surface area contributed by atoms with Gasteiger partial charge in [-0.2, -0.15) is 0 Å². The molecule has 0 spiro atoms. The van der Waals surface area contributed by atoms with E-state index in [2.05, 4.69) is 29.6 Å². The Labute approximate surface area is 92.7 Å². The van der Waals surface area contributed by atoms with E-state index >= 15 is 0 Å². The van der Waals surface area contributed by atoms with Gasteiger partial charge in [0.1, 0.15) is 0 Å². The molecule has 15 heavy (non-hydrogen) atoms. The summed E-state index contributed by atoms with van der Waals surface area (Å²) in [6.45, 7) is 6.20. The van der Waals surface area contributed by atoms with Crippen molar-refractivity contribution >= 4 is 5.96 Å². The molecule has 0 aromatic rings. The molecular weight excluding hydrogens is 188 g/mol. The van der Waals surface area contributed by atoms with Gasteiger partial charge < -0.3 is 5.32 Å². The van der Waals surface area contributed by atoms with Crippen molar-refractivity contribution < 1.29 is 0 Å². The molecule has 1 aliphatic rings. The molecule has 1 saturated carbocycles. The number of rotatable bonds is 5. The number of hydrazine groups is 1. The van der Waals surface area contributed by atoms with E-state index in [4.69, 9.17) is 5.84 Å². The van der Waals surface area contributed by atoms with E-state index < -0.39 is 0 Å². The Balaban J connectivity index is 2.38. The second-order valence-corrected chi connectivity index (χ2v) is 4.44. The maximum absolute atomic E-state index is 5.40. The van der Waals surface area contributed by atoms with Crippen LogP contribution in [0.3, 0.4) is 0 Å². The Bertz CT molecular complexity index is 203. The van der Waals surface area contributed by atoms with E-state index in [0.29, 0.717) is 5.41 Å². The van der Waals surface area contributed by atoms with Crippen LogP contribution in [0.5, 0.6) is 0 Å². The third-order valence-corrected chi connectivity index (χ3v) is 3.42. The standard InChI is InChI=1S/C11H24N4/c1-3-8-13-10(15-12)14-9-11(4-2)6-5-7-11/h3-9,12H2,1-2H3,(H2,13,14,15). The molecule has 0 amide bonds. The fraction of sp³-hybridized carbons (Fsp3) is 0.909. The molecule has 0 atom stereocenters. The van der Waals surface area contributed by atoms with Crippen LogP contribution < -0.4 is 16.6 Å². The lowest BCUT2D eigenvalue weighted by Gasteiger charge is -2.40. The van der Waals surface area contributed by atoms with Crippen molar-refractivity contribution in [2.24, 2.45) is 16.3 Å². The van der Waals surface area contributed by atoms with E-state index in [1.165, 1.54) is 25.7 Å². The Morgan fingerprint density at radius 1 is 1.40 bits per heavy atom. The summed E-state index contributed by atoms with van der Waals surface area (Å²) in [5, 5.41) is 3.18. The van der Waals surface area contributed by atoms with E-state index in [9.17, 15) is 0 Å². The molecule has 0 aromatic heterocycles. The minimum atomic E-state index is 0.468. The van der Waals surface area contributed by atoms with Gasteiger partial charge in [-0.1, -0.05) is 20.3 Å². The van der Waals surface area contributed by atoms with Gasteiger partial charge in [0.25, 0.3) is 0 Å². The van der Waals surface area contributed by atoms with Crippen LogP contribution in [0.25, 0.3) is 0 Å². The van der Waals surface area contributed by atoms with Gasteiger partial charge in [0.15, 0.2) is 0 Å². The number of nitrogens with two attached hydrogens (primary N) is 1. The average Bonchev–Trinajstić information content (AvgIpc) is 2.21. The number of nitrogens with one attached hydrogen (secondary N) is 2. The second kappa shape index (κ2) is 5.95. The molecule has 0 saturated heterocycles. The van der Waals surface area contributed by atoms with Gasteiger partial charge in [0.05, 0.1) is 0 Å². The second-order valence-electron chi connectivity index (χ2n) is 4.44. The zero-order valence-corrected chi connectivity index (χ0v) is 9.97. The van der Waals surface area contributed by atoms with Crippen LogP contribution in [0.2, 0.25) is 0 Å². The minimum Gasteiger partial charge on any atom is -0.355 e. The summed E-state index contributed by atoms with van der Waals surface area (Å²) in [4.78, 5) is 4.51. The van der Waals surface area contributed by atoms with Crippen LogP contribution in [-0.4, -0.2) is 19.0 Å². The van der Waals surface area contributed by atoms with Crippen molar-refractivity contribution in [3.05, 3.63) is 0 Å². The Hall–Kier alpha value is -0.770. The van der Waals surface area contributed by atoms with Gasteiger partial charge in [-0.25, -0.2) is 5.84 Å². The maximum atomic E-state index is 5.40.